The van der Waals surface area contributed by atoms with Crippen molar-refractivity contribution in [1.29, 1.82) is 10.5 Å². The number of benzene rings is 2. The Labute approximate surface area is 202 Å². The molecule has 0 atom stereocenters. The van der Waals surface area contributed by atoms with Gasteiger partial charge in [-0.1, -0.05) is 41.6 Å². The van der Waals surface area contributed by atoms with Gasteiger partial charge >= 0.3 is 0 Å². The number of carbonyl (C=O) groups excluding carboxylic acids is 1. The standard InChI is InChI=1S/C25H22ClN5OS/c1-3-31(4-2)17-11-9-16(10-12-17)22(32)15-33-25-20(14-28)23(19(13-27)24(29)30-25)18-7-5-6-8-21(18)26/h5-12H,3-4,15H2,1-2H3,(H2,29,30). The Bertz CT molecular complexity index is 1260. The van der Waals surface area contributed by atoms with Gasteiger partial charge in [0.1, 0.15) is 28.5 Å². The third-order valence-corrected chi connectivity index (χ3v) is 6.52. The maximum atomic E-state index is 12.8. The second kappa shape index (κ2) is 10.9. The van der Waals surface area contributed by atoms with Crippen molar-refractivity contribution in [2.45, 2.75) is 18.9 Å². The zero-order valence-electron chi connectivity index (χ0n) is 18.3. The van der Waals surface area contributed by atoms with Crippen LogP contribution >= 0.6 is 23.4 Å². The highest BCUT2D eigenvalue weighted by Gasteiger charge is 2.22. The van der Waals surface area contributed by atoms with Gasteiger partial charge in [-0.3, -0.25) is 4.79 Å². The minimum Gasteiger partial charge on any atom is -0.383 e. The number of halogens is 1. The van der Waals surface area contributed by atoms with Crippen LogP contribution in [0.5, 0.6) is 0 Å². The first-order valence-electron chi connectivity index (χ1n) is 10.3. The lowest BCUT2D eigenvalue weighted by molar-refractivity contribution is 0.102. The molecule has 0 aliphatic carbocycles. The van der Waals surface area contributed by atoms with Gasteiger partial charge in [0, 0.05) is 40.5 Å². The molecule has 0 bridgehead atoms. The molecule has 1 heterocycles. The molecule has 0 aliphatic heterocycles. The summed E-state index contributed by atoms with van der Waals surface area (Å²) in [5, 5.41) is 20.2. The highest BCUT2D eigenvalue weighted by molar-refractivity contribution is 8.00. The fraction of sp³-hybridized carbons (Fsp3) is 0.200. The number of carbonyl (C=O) groups is 1. The van der Waals surface area contributed by atoms with Gasteiger partial charge < -0.3 is 10.6 Å². The number of nitriles is 2. The second-order valence-electron chi connectivity index (χ2n) is 7.06. The normalized spacial score (nSPS) is 10.3. The molecule has 0 unspecified atom stereocenters. The minimum absolute atomic E-state index is 0.00931. The minimum atomic E-state index is -0.0981. The Kier molecular flexibility index (Phi) is 7.95. The van der Waals surface area contributed by atoms with E-state index in [1.807, 2.05) is 18.2 Å². The van der Waals surface area contributed by atoms with E-state index in [4.69, 9.17) is 17.3 Å². The number of Topliss-reactive ketones (excluding diaryl/α,β-unsaturated/α-hetero) is 1. The van der Waals surface area contributed by atoms with E-state index >= 15 is 0 Å². The summed E-state index contributed by atoms with van der Waals surface area (Å²) in [4.78, 5) is 19.3. The second-order valence-corrected chi connectivity index (χ2v) is 8.43. The monoisotopic (exact) mass is 475 g/mol. The lowest BCUT2D eigenvalue weighted by atomic mass is 9.97. The third kappa shape index (κ3) is 5.12. The Morgan fingerprint density at radius 2 is 1.70 bits per heavy atom. The third-order valence-electron chi connectivity index (χ3n) is 5.22. The number of hydrogen-bond acceptors (Lipinski definition) is 7. The number of thioether (sulfide) groups is 1. The maximum absolute atomic E-state index is 12.8. The summed E-state index contributed by atoms with van der Waals surface area (Å²) < 4.78 is 0. The summed E-state index contributed by atoms with van der Waals surface area (Å²) >= 11 is 7.46. The number of pyridine rings is 1. The van der Waals surface area contributed by atoms with Crippen molar-refractivity contribution in [1.82, 2.24) is 4.98 Å². The molecule has 3 aromatic rings. The molecule has 0 saturated carbocycles. The van der Waals surface area contributed by atoms with Crippen LogP contribution in [0.15, 0.2) is 53.6 Å². The highest BCUT2D eigenvalue weighted by atomic mass is 35.5. The van der Waals surface area contributed by atoms with Crippen LogP contribution in [0, 0.1) is 22.7 Å². The zero-order chi connectivity index (χ0) is 24.0. The molecule has 0 amide bonds. The largest absolute Gasteiger partial charge is 0.383 e. The van der Waals surface area contributed by atoms with Crippen LogP contribution in [0.1, 0.15) is 35.3 Å². The molecule has 0 fully saturated rings. The molecule has 3 rings (SSSR count). The maximum Gasteiger partial charge on any atom is 0.173 e. The van der Waals surface area contributed by atoms with Crippen molar-refractivity contribution in [2.75, 3.05) is 29.5 Å². The molecule has 33 heavy (non-hydrogen) atoms. The van der Waals surface area contributed by atoms with Crippen molar-refractivity contribution >= 4 is 40.7 Å². The van der Waals surface area contributed by atoms with Gasteiger partial charge in [-0.05, 0) is 44.2 Å². The fourth-order valence-electron chi connectivity index (χ4n) is 3.50. The van der Waals surface area contributed by atoms with Gasteiger partial charge in [-0.2, -0.15) is 10.5 Å². The highest BCUT2D eigenvalue weighted by Crippen LogP contribution is 2.38. The molecule has 2 aromatic carbocycles. The molecule has 0 saturated heterocycles. The van der Waals surface area contributed by atoms with E-state index in [1.165, 1.54) is 0 Å². The summed E-state index contributed by atoms with van der Waals surface area (Å²) in [6.07, 6.45) is 0. The first-order chi connectivity index (χ1) is 15.9. The van der Waals surface area contributed by atoms with E-state index in [2.05, 4.69) is 29.8 Å². The molecule has 166 valence electrons. The number of anilines is 2. The quantitative estimate of drug-likeness (QED) is 0.336. The number of rotatable bonds is 8. The molecule has 2 N–H and O–H groups in total. The van der Waals surface area contributed by atoms with Crippen LogP contribution in [0.4, 0.5) is 11.5 Å². The Morgan fingerprint density at radius 1 is 1.06 bits per heavy atom. The van der Waals surface area contributed by atoms with Crippen LogP contribution < -0.4 is 10.6 Å². The van der Waals surface area contributed by atoms with Gasteiger partial charge in [-0.25, -0.2) is 4.98 Å². The molecular formula is C25H22ClN5OS. The summed E-state index contributed by atoms with van der Waals surface area (Å²) in [6, 6.07) is 18.5. The molecular weight excluding hydrogens is 454 g/mol. The van der Waals surface area contributed by atoms with Crippen molar-refractivity contribution in [3.05, 3.63) is 70.2 Å². The molecule has 1 aromatic heterocycles. The van der Waals surface area contributed by atoms with Crippen LogP contribution in [0.2, 0.25) is 5.02 Å². The van der Waals surface area contributed by atoms with Crippen molar-refractivity contribution < 1.29 is 4.79 Å². The SMILES string of the molecule is CCN(CC)c1ccc(C(=O)CSc2nc(N)c(C#N)c(-c3ccccc3Cl)c2C#N)cc1. The van der Waals surface area contributed by atoms with Crippen molar-refractivity contribution in [2.24, 2.45) is 0 Å². The number of nitrogens with two attached hydrogens (primary N) is 1. The van der Waals surface area contributed by atoms with Crippen LogP contribution in [-0.2, 0) is 0 Å². The van der Waals surface area contributed by atoms with Crippen LogP contribution in [-0.4, -0.2) is 29.6 Å². The van der Waals surface area contributed by atoms with Crippen LogP contribution in [0.3, 0.4) is 0 Å². The smallest absolute Gasteiger partial charge is 0.173 e. The van der Waals surface area contributed by atoms with E-state index < -0.39 is 0 Å². The van der Waals surface area contributed by atoms with Gasteiger partial charge in [0.2, 0.25) is 0 Å². The Balaban J connectivity index is 1.92. The Morgan fingerprint density at radius 3 is 2.27 bits per heavy atom. The lowest BCUT2D eigenvalue weighted by Crippen LogP contribution is -2.21. The summed E-state index contributed by atoms with van der Waals surface area (Å²) in [6.45, 7) is 5.94. The average Bonchev–Trinajstić information content (AvgIpc) is 2.83. The van der Waals surface area contributed by atoms with E-state index in [1.54, 1.807) is 36.4 Å². The summed E-state index contributed by atoms with van der Waals surface area (Å²) in [5.74, 6) is -0.0384. The number of nitrogen functional groups attached to an aromatic ring is 1. The van der Waals surface area contributed by atoms with Gasteiger partial charge in [0.25, 0.3) is 0 Å². The Hall–Kier alpha value is -3.52. The van der Waals surface area contributed by atoms with E-state index in [0.29, 0.717) is 21.7 Å². The lowest BCUT2D eigenvalue weighted by Gasteiger charge is -2.21. The van der Waals surface area contributed by atoms with Crippen molar-refractivity contribution in [3.8, 4) is 23.3 Å². The van der Waals surface area contributed by atoms with Crippen LogP contribution in [0.25, 0.3) is 11.1 Å². The van der Waals surface area contributed by atoms with Gasteiger partial charge in [0.15, 0.2) is 5.78 Å². The molecule has 0 aliphatic rings. The first-order valence-corrected chi connectivity index (χ1v) is 11.7. The topological polar surface area (TPSA) is 107 Å². The fourth-order valence-corrected chi connectivity index (χ4v) is 4.62. The molecule has 6 nitrogen and oxygen atoms in total. The van der Waals surface area contributed by atoms with Crippen molar-refractivity contribution in [3.63, 3.8) is 0 Å². The van der Waals surface area contributed by atoms with E-state index in [-0.39, 0.29) is 33.5 Å². The number of ketones is 1. The summed E-state index contributed by atoms with van der Waals surface area (Å²) in [7, 11) is 0. The van der Waals surface area contributed by atoms with E-state index in [0.717, 1.165) is 30.5 Å². The molecule has 0 radical (unpaired) electrons. The predicted molar refractivity (Wildman–Crippen MR) is 134 cm³/mol. The number of aromatic nitrogens is 1. The van der Waals surface area contributed by atoms with Gasteiger partial charge in [0.05, 0.1) is 11.3 Å². The predicted octanol–water partition coefficient (Wildman–Crippen LogP) is 5.55. The number of nitrogens with zero attached hydrogens (tertiary/aromatic N) is 4. The van der Waals surface area contributed by atoms with Gasteiger partial charge in [-0.15, -0.1) is 0 Å². The first kappa shape index (κ1) is 24.1. The zero-order valence-corrected chi connectivity index (χ0v) is 19.9. The van der Waals surface area contributed by atoms with E-state index in [9.17, 15) is 15.3 Å². The molecule has 8 heteroatoms. The summed E-state index contributed by atoms with van der Waals surface area (Å²) in [5.41, 5.74) is 8.78. The molecule has 0 spiro atoms. The number of hydrogen-bond donors (Lipinski definition) is 1. The average molecular weight is 476 g/mol.